The fourth-order valence-corrected chi connectivity index (χ4v) is 3.38. The van der Waals surface area contributed by atoms with Crippen molar-refractivity contribution in [2.45, 2.75) is 32.0 Å². The van der Waals surface area contributed by atoms with E-state index in [1.165, 1.54) is 0 Å². The summed E-state index contributed by atoms with van der Waals surface area (Å²) < 4.78 is 11.1. The molecule has 0 saturated carbocycles. The van der Waals surface area contributed by atoms with Gasteiger partial charge in [-0.05, 0) is 18.4 Å². The van der Waals surface area contributed by atoms with Gasteiger partial charge in [-0.3, -0.25) is 9.59 Å². The molecule has 0 atom stereocenters. The van der Waals surface area contributed by atoms with Crippen molar-refractivity contribution in [2.75, 3.05) is 32.8 Å². The third-order valence-corrected chi connectivity index (χ3v) is 4.79. The number of likely N-dealkylation sites (tertiary alicyclic amines) is 1. The molecule has 2 fully saturated rings. The number of hydrogen-bond donors (Lipinski definition) is 1. The lowest BCUT2D eigenvalue weighted by atomic mass is 9.96. The van der Waals surface area contributed by atoms with E-state index in [0.29, 0.717) is 38.5 Å². The standard InChI is InChI=1S/C19H26N2O4/c22-17(14-15-4-2-1-3-5-15)20-9-6-18(23)21-10-7-16(8-11-21)19-24-12-13-25-19/h1-5,16,19H,6-14H2,(H,20,22). The molecule has 0 unspecified atom stereocenters. The molecule has 2 heterocycles. The highest BCUT2D eigenvalue weighted by atomic mass is 16.7. The van der Waals surface area contributed by atoms with E-state index in [2.05, 4.69) is 5.32 Å². The van der Waals surface area contributed by atoms with E-state index in [4.69, 9.17) is 9.47 Å². The number of ether oxygens (including phenoxy) is 2. The highest BCUT2D eigenvalue weighted by molar-refractivity contribution is 5.80. The number of rotatable bonds is 6. The zero-order valence-electron chi connectivity index (χ0n) is 14.5. The second-order valence-corrected chi connectivity index (χ2v) is 6.59. The van der Waals surface area contributed by atoms with Crippen LogP contribution in [0.2, 0.25) is 0 Å². The number of nitrogens with one attached hydrogen (secondary N) is 1. The maximum atomic E-state index is 12.3. The number of piperidine rings is 1. The second-order valence-electron chi connectivity index (χ2n) is 6.59. The summed E-state index contributed by atoms with van der Waals surface area (Å²) in [7, 11) is 0. The SMILES string of the molecule is O=C(Cc1ccccc1)NCCC(=O)N1CCC(C2OCCO2)CC1. The minimum Gasteiger partial charge on any atom is -0.355 e. The summed E-state index contributed by atoms with van der Waals surface area (Å²) in [6.45, 7) is 3.22. The first kappa shape index (κ1) is 17.9. The van der Waals surface area contributed by atoms with E-state index in [0.717, 1.165) is 31.5 Å². The fraction of sp³-hybridized carbons (Fsp3) is 0.579. The van der Waals surface area contributed by atoms with Crippen molar-refractivity contribution in [3.05, 3.63) is 35.9 Å². The van der Waals surface area contributed by atoms with E-state index < -0.39 is 0 Å². The molecule has 0 spiro atoms. The monoisotopic (exact) mass is 346 g/mol. The Morgan fingerprint density at radius 3 is 2.44 bits per heavy atom. The summed E-state index contributed by atoms with van der Waals surface area (Å²) in [5.41, 5.74) is 0.977. The van der Waals surface area contributed by atoms with Crippen LogP contribution in [0.5, 0.6) is 0 Å². The van der Waals surface area contributed by atoms with E-state index in [9.17, 15) is 9.59 Å². The number of carbonyl (C=O) groups is 2. The molecule has 2 amide bonds. The van der Waals surface area contributed by atoms with Crippen molar-refractivity contribution in [2.24, 2.45) is 5.92 Å². The maximum Gasteiger partial charge on any atom is 0.224 e. The Morgan fingerprint density at radius 2 is 1.76 bits per heavy atom. The minimum absolute atomic E-state index is 0.0479. The molecule has 0 radical (unpaired) electrons. The number of nitrogens with zero attached hydrogens (tertiary/aromatic N) is 1. The van der Waals surface area contributed by atoms with E-state index in [1.807, 2.05) is 35.2 Å². The van der Waals surface area contributed by atoms with Crippen molar-refractivity contribution in [3.8, 4) is 0 Å². The molecule has 1 aromatic carbocycles. The third kappa shape index (κ3) is 5.28. The lowest BCUT2D eigenvalue weighted by Crippen LogP contribution is -2.42. The first-order valence-corrected chi connectivity index (χ1v) is 9.04. The predicted octanol–water partition coefficient (Wildman–Crippen LogP) is 1.35. The van der Waals surface area contributed by atoms with Gasteiger partial charge in [-0.15, -0.1) is 0 Å². The maximum absolute atomic E-state index is 12.3. The highest BCUT2D eigenvalue weighted by Crippen LogP contribution is 2.25. The molecule has 1 aromatic rings. The quantitative estimate of drug-likeness (QED) is 0.844. The van der Waals surface area contributed by atoms with Crippen molar-refractivity contribution >= 4 is 11.8 Å². The van der Waals surface area contributed by atoms with Crippen LogP contribution in [-0.2, 0) is 25.5 Å². The van der Waals surface area contributed by atoms with Crippen molar-refractivity contribution in [1.82, 2.24) is 10.2 Å². The smallest absolute Gasteiger partial charge is 0.224 e. The van der Waals surface area contributed by atoms with Crippen LogP contribution in [0.15, 0.2) is 30.3 Å². The van der Waals surface area contributed by atoms with Gasteiger partial charge in [0.15, 0.2) is 6.29 Å². The molecule has 0 aromatic heterocycles. The van der Waals surface area contributed by atoms with Crippen LogP contribution in [0.3, 0.4) is 0 Å². The zero-order valence-corrected chi connectivity index (χ0v) is 14.5. The van der Waals surface area contributed by atoms with Crippen LogP contribution in [-0.4, -0.2) is 55.9 Å². The molecule has 2 aliphatic heterocycles. The fourth-order valence-electron chi connectivity index (χ4n) is 3.38. The Bertz CT molecular complexity index is 564. The number of benzene rings is 1. The number of amides is 2. The topological polar surface area (TPSA) is 67.9 Å². The normalized spacial score (nSPS) is 19.1. The highest BCUT2D eigenvalue weighted by Gasteiger charge is 2.31. The van der Waals surface area contributed by atoms with Crippen LogP contribution in [0, 0.1) is 5.92 Å². The van der Waals surface area contributed by atoms with Crippen LogP contribution in [0.4, 0.5) is 0 Å². The molecule has 0 aliphatic carbocycles. The molecule has 1 N–H and O–H groups in total. The summed E-state index contributed by atoms with van der Waals surface area (Å²) in [5, 5.41) is 2.83. The van der Waals surface area contributed by atoms with Crippen molar-refractivity contribution in [3.63, 3.8) is 0 Å². The summed E-state index contributed by atoms with van der Waals surface area (Å²) in [6, 6.07) is 9.60. The van der Waals surface area contributed by atoms with Gasteiger partial charge in [-0.25, -0.2) is 0 Å². The molecule has 6 nitrogen and oxygen atoms in total. The average molecular weight is 346 g/mol. The molecule has 2 aliphatic rings. The lowest BCUT2D eigenvalue weighted by Gasteiger charge is -2.33. The summed E-state index contributed by atoms with van der Waals surface area (Å²) in [5.74, 6) is 0.442. The Kier molecular flexibility index (Phi) is 6.42. The molecular formula is C19H26N2O4. The van der Waals surface area contributed by atoms with Gasteiger partial charge < -0.3 is 19.7 Å². The number of carbonyl (C=O) groups excluding carboxylic acids is 2. The minimum atomic E-state index is -0.0884. The lowest BCUT2D eigenvalue weighted by molar-refractivity contribution is -0.136. The van der Waals surface area contributed by atoms with E-state index >= 15 is 0 Å². The zero-order chi connectivity index (χ0) is 17.5. The van der Waals surface area contributed by atoms with Gasteiger partial charge in [0, 0.05) is 32.0 Å². The summed E-state index contributed by atoms with van der Waals surface area (Å²) in [6.07, 6.45) is 2.44. The Hall–Kier alpha value is -1.92. The van der Waals surface area contributed by atoms with Gasteiger partial charge in [-0.2, -0.15) is 0 Å². The average Bonchev–Trinajstić information content (AvgIpc) is 3.17. The Balaban J connectivity index is 1.32. The van der Waals surface area contributed by atoms with Crippen molar-refractivity contribution in [1.29, 1.82) is 0 Å². The van der Waals surface area contributed by atoms with Gasteiger partial charge in [0.05, 0.1) is 19.6 Å². The van der Waals surface area contributed by atoms with Gasteiger partial charge in [0.2, 0.25) is 11.8 Å². The first-order chi connectivity index (χ1) is 12.2. The third-order valence-electron chi connectivity index (χ3n) is 4.79. The Morgan fingerprint density at radius 1 is 1.08 bits per heavy atom. The summed E-state index contributed by atoms with van der Waals surface area (Å²) in [4.78, 5) is 26.1. The van der Waals surface area contributed by atoms with Crippen molar-refractivity contribution < 1.29 is 19.1 Å². The van der Waals surface area contributed by atoms with Gasteiger partial charge in [0.1, 0.15) is 0 Å². The van der Waals surface area contributed by atoms with E-state index in [1.54, 1.807) is 0 Å². The Labute approximate surface area is 148 Å². The molecule has 25 heavy (non-hydrogen) atoms. The van der Waals surface area contributed by atoms with Crippen LogP contribution in [0.25, 0.3) is 0 Å². The molecular weight excluding hydrogens is 320 g/mol. The largest absolute Gasteiger partial charge is 0.355 e. The van der Waals surface area contributed by atoms with Gasteiger partial charge in [-0.1, -0.05) is 30.3 Å². The molecule has 136 valence electrons. The van der Waals surface area contributed by atoms with E-state index in [-0.39, 0.29) is 18.1 Å². The van der Waals surface area contributed by atoms with Crippen LogP contribution in [0.1, 0.15) is 24.8 Å². The number of hydrogen-bond acceptors (Lipinski definition) is 4. The summed E-state index contributed by atoms with van der Waals surface area (Å²) >= 11 is 0. The van der Waals surface area contributed by atoms with Crippen LogP contribution < -0.4 is 5.32 Å². The second kappa shape index (κ2) is 8.97. The van der Waals surface area contributed by atoms with Gasteiger partial charge in [0.25, 0.3) is 0 Å². The van der Waals surface area contributed by atoms with Crippen LogP contribution >= 0.6 is 0 Å². The molecule has 6 heteroatoms. The molecule has 2 saturated heterocycles. The predicted molar refractivity (Wildman–Crippen MR) is 92.8 cm³/mol. The molecule has 0 bridgehead atoms. The first-order valence-electron chi connectivity index (χ1n) is 9.04. The molecule has 3 rings (SSSR count). The van der Waals surface area contributed by atoms with Gasteiger partial charge >= 0.3 is 0 Å².